The van der Waals surface area contributed by atoms with Crippen molar-refractivity contribution in [3.63, 3.8) is 0 Å². The van der Waals surface area contributed by atoms with Gasteiger partial charge in [0.1, 0.15) is 12.2 Å². The highest BCUT2D eigenvalue weighted by Crippen LogP contribution is 2.29. The first kappa shape index (κ1) is 20.3. The van der Waals surface area contributed by atoms with Crippen LogP contribution in [-0.2, 0) is 20.1 Å². The van der Waals surface area contributed by atoms with E-state index in [1.54, 1.807) is 30.9 Å². The summed E-state index contributed by atoms with van der Waals surface area (Å²) in [5, 5.41) is 10.2. The number of nitrogens with zero attached hydrogens (tertiary/aromatic N) is 4. The van der Waals surface area contributed by atoms with Gasteiger partial charge in [0.2, 0.25) is 0 Å². The number of hydrogen-bond acceptors (Lipinski definition) is 5. The molecular weight excluding hydrogens is 365 g/mol. The van der Waals surface area contributed by atoms with Crippen LogP contribution in [0.4, 0.5) is 13.2 Å². The summed E-state index contributed by atoms with van der Waals surface area (Å²) in [7, 11) is 4.78. The zero-order valence-corrected chi connectivity index (χ0v) is 15.2. The molecule has 0 amide bonds. The van der Waals surface area contributed by atoms with E-state index in [1.165, 1.54) is 19.5 Å². The molecule has 0 aliphatic heterocycles. The molecule has 0 aliphatic rings. The van der Waals surface area contributed by atoms with E-state index in [2.05, 4.69) is 25.7 Å². The summed E-state index contributed by atoms with van der Waals surface area (Å²) in [5.74, 6) is 1.53. The Morgan fingerprint density at radius 1 is 1.22 bits per heavy atom. The third-order valence-corrected chi connectivity index (χ3v) is 3.52. The van der Waals surface area contributed by atoms with Crippen LogP contribution in [0.15, 0.2) is 29.5 Å². The summed E-state index contributed by atoms with van der Waals surface area (Å²) in [6, 6.07) is 4.70. The topological polar surface area (TPSA) is 85.6 Å². The molecule has 0 radical (unpaired) electrons. The molecule has 11 heteroatoms. The Hall–Kier alpha value is -2.98. The van der Waals surface area contributed by atoms with Crippen molar-refractivity contribution in [2.45, 2.75) is 19.3 Å². The Morgan fingerprint density at radius 3 is 2.56 bits per heavy atom. The second-order valence-corrected chi connectivity index (χ2v) is 5.47. The van der Waals surface area contributed by atoms with Crippen LogP contribution in [-0.4, -0.2) is 47.7 Å². The quantitative estimate of drug-likeness (QED) is 0.556. The van der Waals surface area contributed by atoms with E-state index in [0.717, 1.165) is 11.4 Å². The predicted molar refractivity (Wildman–Crippen MR) is 92.6 cm³/mol. The molecule has 1 heterocycles. The van der Waals surface area contributed by atoms with Crippen LogP contribution in [0.2, 0.25) is 0 Å². The summed E-state index contributed by atoms with van der Waals surface area (Å²) in [6.07, 6.45) is -2.95. The Morgan fingerprint density at radius 2 is 1.96 bits per heavy atom. The molecule has 0 fully saturated rings. The minimum atomic E-state index is -4.41. The average Bonchev–Trinajstić information content (AvgIpc) is 3.04. The first-order chi connectivity index (χ1) is 12.8. The van der Waals surface area contributed by atoms with Gasteiger partial charge in [-0.3, -0.25) is 9.67 Å². The molecule has 1 aromatic carbocycles. The lowest BCUT2D eigenvalue weighted by atomic mass is 10.2. The van der Waals surface area contributed by atoms with Gasteiger partial charge in [-0.05, 0) is 17.7 Å². The van der Waals surface area contributed by atoms with E-state index in [9.17, 15) is 13.2 Å². The monoisotopic (exact) mass is 386 g/mol. The molecule has 0 unspecified atom stereocenters. The predicted octanol–water partition coefficient (Wildman–Crippen LogP) is 1.63. The summed E-state index contributed by atoms with van der Waals surface area (Å²) in [4.78, 5) is 8.21. The van der Waals surface area contributed by atoms with E-state index in [0.29, 0.717) is 19.0 Å². The molecule has 0 saturated carbocycles. The van der Waals surface area contributed by atoms with Crippen molar-refractivity contribution in [2.24, 2.45) is 12.0 Å². The van der Waals surface area contributed by atoms with Gasteiger partial charge in [0.05, 0.1) is 13.7 Å². The summed E-state index contributed by atoms with van der Waals surface area (Å²) < 4.78 is 48.4. The minimum absolute atomic E-state index is 0.0309. The molecule has 2 aromatic rings. The summed E-state index contributed by atoms with van der Waals surface area (Å²) >= 11 is 0. The fraction of sp³-hybridized carbons (Fsp3) is 0.438. The highest BCUT2D eigenvalue weighted by atomic mass is 19.4. The third kappa shape index (κ3) is 6.35. The van der Waals surface area contributed by atoms with Gasteiger partial charge in [-0.1, -0.05) is 6.07 Å². The van der Waals surface area contributed by atoms with Crippen molar-refractivity contribution < 1.29 is 22.6 Å². The van der Waals surface area contributed by atoms with Crippen LogP contribution >= 0.6 is 0 Å². The molecular formula is C16H21F3N6O2. The molecule has 2 N–H and O–H groups in total. The molecule has 148 valence electrons. The fourth-order valence-corrected chi connectivity index (χ4v) is 2.15. The normalized spacial score (nSPS) is 12.0. The van der Waals surface area contributed by atoms with Gasteiger partial charge in [0.25, 0.3) is 0 Å². The average molecular weight is 386 g/mol. The number of methoxy groups -OCH3 is 1. The highest BCUT2D eigenvalue weighted by Gasteiger charge is 2.29. The molecule has 8 nitrogen and oxygen atoms in total. The molecule has 0 saturated heterocycles. The first-order valence-electron chi connectivity index (χ1n) is 7.96. The Labute approximate surface area is 154 Å². The van der Waals surface area contributed by atoms with Gasteiger partial charge in [0.15, 0.2) is 24.1 Å². The first-order valence-corrected chi connectivity index (χ1v) is 7.96. The summed E-state index contributed by atoms with van der Waals surface area (Å²) in [6.45, 7) is -0.558. The number of benzene rings is 1. The molecule has 1 aromatic heterocycles. The van der Waals surface area contributed by atoms with E-state index >= 15 is 0 Å². The number of alkyl halides is 3. The SMILES string of the molecule is CN=C(NCc1ccc(OCC(F)(F)F)c(OC)c1)NCc1ncnn1C. The second kappa shape index (κ2) is 9.10. The Kier molecular flexibility index (Phi) is 6.85. The van der Waals surface area contributed by atoms with Gasteiger partial charge in [-0.15, -0.1) is 0 Å². The van der Waals surface area contributed by atoms with Crippen molar-refractivity contribution in [3.05, 3.63) is 35.9 Å². The second-order valence-electron chi connectivity index (χ2n) is 5.47. The highest BCUT2D eigenvalue weighted by molar-refractivity contribution is 5.79. The van der Waals surface area contributed by atoms with Crippen molar-refractivity contribution in [2.75, 3.05) is 20.8 Å². The number of halogens is 3. The molecule has 2 rings (SSSR count). The van der Waals surface area contributed by atoms with Crippen LogP contribution < -0.4 is 20.1 Å². The van der Waals surface area contributed by atoms with E-state index < -0.39 is 12.8 Å². The number of hydrogen-bond donors (Lipinski definition) is 2. The number of aromatic nitrogens is 3. The summed E-state index contributed by atoms with van der Waals surface area (Å²) in [5.41, 5.74) is 0.785. The van der Waals surface area contributed by atoms with Gasteiger partial charge in [-0.25, -0.2) is 4.98 Å². The molecule has 0 bridgehead atoms. The van der Waals surface area contributed by atoms with E-state index in [-0.39, 0.29) is 11.5 Å². The fourth-order valence-electron chi connectivity index (χ4n) is 2.15. The lowest BCUT2D eigenvalue weighted by Gasteiger charge is -2.15. The van der Waals surface area contributed by atoms with E-state index in [4.69, 9.17) is 9.47 Å². The Balaban J connectivity index is 1.92. The number of aryl methyl sites for hydroxylation is 1. The standard InChI is InChI=1S/C16H21F3N6O2/c1-20-15(22-8-14-23-10-24-25(14)2)21-7-11-4-5-12(13(6-11)26-3)27-9-16(17,18)19/h4-6,10H,7-9H2,1-3H3,(H2,20,21,22). The van der Waals surface area contributed by atoms with Gasteiger partial charge in [-0.2, -0.15) is 18.3 Å². The molecule has 0 atom stereocenters. The maximum atomic E-state index is 12.3. The number of rotatable bonds is 7. The number of nitrogens with one attached hydrogen (secondary N) is 2. The molecule has 0 aliphatic carbocycles. The number of guanidine groups is 1. The zero-order chi connectivity index (χ0) is 19.9. The minimum Gasteiger partial charge on any atom is -0.493 e. The van der Waals surface area contributed by atoms with Crippen LogP contribution in [0.3, 0.4) is 0 Å². The Bertz CT molecular complexity index is 776. The van der Waals surface area contributed by atoms with Crippen LogP contribution in [0.25, 0.3) is 0 Å². The maximum Gasteiger partial charge on any atom is 0.422 e. The maximum absolute atomic E-state index is 12.3. The lowest BCUT2D eigenvalue weighted by Crippen LogP contribution is -2.36. The molecule has 0 spiro atoms. The largest absolute Gasteiger partial charge is 0.493 e. The zero-order valence-electron chi connectivity index (χ0n) is 15.2. The van der Waals surface area contributed by atoms with Crippen molar-refractivity contribution in [1.82, 2.24) is 25.4 Å². The van der Waals surface area contributed by atoms with Crippen LogP contribution in [0.1, 0.15) is 11.4 Å². The van der Waals surface area contributed by atoms with Gasteiger partial charge >= 0.3 is 6.18 Å². The number of ether oxygens (including phenoxy) is 2. The molecule has 27 heavy (non-hydrogen) atoms. The van der Waals surface area contributed by atoms with E-state index in [1.807, 2.05) is 0 Å². The van der Waals surface area contributed by atoms with Gasteiger partial charge < -0.3 is 20.1 Å². The lowest BCUT2D eigenvalue weighted by molar-refractivity contribution is -0.153. The number of aliphatic imine (C=N–C) groups is 1. The van der Waals surface area contributed by atoms with Crippen molar-refractivity contribution in [1.29, 1.82) is 0 Å². The van der Waals surface area contributed by atoms with Crippen molar-refractivity contribution in [3.8, 4) is 11.5 Å². The van der Waals surface area contributed by atoms with Crippen molar-refractivity contribution >= 4 is 5.96 Å². The van der Waals surface area contributed by atoms with Crippen LogP contribution in [0.5, 0.6) is 11.5 Å². The van der Waals surface area contributed by atoms with Crippen LogP contribution in [0, 0.1) is 0 Å². The van der Waals surface area contributed by atoms with Gasteiger partial charge in [0, 0.05) is 20.6 Å². The smallest absolute Gasteiger partial charge is 0.422 e. The third-order valence-electron chi connectivity index (χ3n) is 3.52.